The van der Waals surface area contributed by atoms with Gasteiger partial charge in [0.05, 0.1) is 31.9 Å². The minimum absolute atomic E-state index is 0. The monoisotopic (exact) mass is 719 g/mol. The van der Waals surface area contributed by atoms with E-state index in [1.807, 2.05) is 0 Å². The van der Waals surface area contributed by atoms with Crippen LogP contribution in [0.3, 0.4) is 0 Å². The van der Waals surface area contributed by atoms with E-state index in [2.05, 4.69) is 20.8 Å². The first kappa shape index (κ1) is 37.1. The number of carbonyl (C=O) groups is 4. The average Bonchev–Trinajstić information content (AvgIpc) is 3.54. The second-order valence-electron chi connectivity index (χ2n) is 8.22. The van der Waals surface area contributed by atoms with Gasteiger partial charge in [-0.25, -0.2) is 4.79 Å². The number of nitrogens with two attached hydrogens (primary N) is 1. The van der Waals surface area contributed by atoms with Crippen LogP contribution in [0.4, 0.5) is 17.1 Å². The Bertz CT molecular complexity index is 1580. The summed E-state index contributed by atoms with van der Waals surface area (Å²) in [5, 5.41) is 37.3. The van der Waals surface area contributed by atoms with Gasteiger partial charge in [0.2, 0.25) is 11.6 Å². The Hall–Kier alpha value is -4.90. The third-order valence-electron chi connectivity index (χ3n) is 5.24. The van der Waals surface area contributed by atoms with Crippen LogP contribution >= 0.6 is 15.9 Å². The molecule has 0 aliphatic carbocycles. The Labute approximate surface area is 266 Å². The van der Waals surface area contributed by atoms with Crippen LogP contribution in [0.25, 0.3) is 0 Å². The second-order valence-corrected chi connectivity index (χ2v) is 8.78. The second kappa shape index (κ2) is 17.3. The maximum atomic E-state index is 11.2. The zero-order chi connectivity index (χ0) is 32.3. The molecule has 4 N–H and O–H groups in total. The van der Waals surface area contributed by atoms with Crippen LogP contribution < -0.4 is 15.2 Å². The number of phenols is 1. The third kappa shape index (κ3) is 10.4. The average molecular weight is 720 g/mol. The summed E-state index contributed by atoms with van der Waals surface area (Å²) in [6, 6.07) is 12.4. The maximum Gasteiger partial charge on any atom is 0.339 e. The van der Waals surface area contributed by atoms with Gasteiger partial charge in [-0.05, 0) is 30.3 Å². The molecule has 5 rings (SSSR count). The molecule has 3 aromatic rings. The summed E-state index contributed by atoms with van der Waals surface area (Å²) >= 11 is 2.92. The van der Waals surface area contributed by atoms with Crippen molar-refractivity contribution in [2.75, 3.05) is 24.3 Å². The predicted molar refractivity (Wildman–Crippen MR) is 151 cm³/mol. The number of nitrogen functional groups attached to an aromatic ring is 1. The zero-order valence-electron chi connectivity index (χ0n) is 22.4. The molecule has 2 aliphatic heterocycles. The van der Waals surface area contributed by atoms with Gasteiger partial charge in [0, 0.05) is 53.9 Å². The van der Waals surface area contributed by atoms with E-state index in [9.17, 15) is 44.5 Å². The number of halogens is 1. The number of nitro groups is 2. The first-order valence-corrected chi connectivity index (χ1v) is 12.8. The molecule has 44 heavy (non-hydrogen) atoms. The van der Waals surface area contributed by atoms with Crippen molar-refractivity contribution in [1.29, 1.82) is 0 Å². The number of Topliss-reactive ketones (excluding diaryl/α,β-unsaturated/α-hetero) is 3. The summed E-state index contributed by atoms with van der Waals surface area (Å²) in [6.45, 7) is 1.25. The van der Waals surface area contributed by atoms with Gasteiger partial charge in [0.15, 0.2) is 19.0 Å². The number of carbonyl (C=O) groups excluding carboxylic acids is 4. The number of ketones is 3. The molecule has 0 bridgehead atoms. The molecule has 16 nitrogen and oxygen atoms in total. The first-order valence-electron chi connectivity index (χ1n) is 11.7. The molecule has 0 amide bonds. The number of hydrogen-bond acceptors (Lipinski definition) is 14. The number of nitrogens with zero attached hydrogens (tertiary/aromatic N) is 2. The van der Waals surface area contributed by atoms with Crippen LogP contribution in [-0.4, -0.2) is 62.1 Å². The van der Waals surface area contributed by atoms with E-state index in [4.69, 9.17) is 20.5 Å². The number of benzene rings is 3. The van der Waals surface area contributed by atoms with Crippen molar-refractivity contribution in [3.05, 3.63) is 91.5 Å². The maximum absolute atomic E-state index is 11.2. The fourth-order valence-electron chi connectivity index (χ4n) is 3.24. The van der Waals surface area contributed by atoms with E-state index < -0.39 is 21.6 Å². The Balaban J connectivity index is 0.000000305. The van der Waals surface area contributed by atoms with Crippen molar-refractivity contribution in [3.63, 3.8) is 0 Å². The molecular formula is C26H22BrFeN3O13. The summed E-state index contributed by atoms with van der Waals surface area (Å²) in [7, 11) is 0. The van der Waals surface area contributed by atoms with Gasteiger partial charge >= 0.3 is 5.97 Å². The van der Waals surface area contributed by atoms with Crippen molar-refractivity contribution in [2.45, 2.75) is 6.92 Å². The quantitative estimate of drug-likeness (QED) is 0.0658. The molecule has 2 aliphatic rings. The number of ether oxygens (including phenoxy) is 2. The largest absolute Gasteiger partial charge is 0.507 e. The van der Waals surface area contributed by atoms with Gasteiger partial charge in [0.25, 0.3) is 11.4 Å². The summed E-state index contributed by atoms with van der Waals surface area (Å²) < 4.78 is 10.0. The van der Waals surface area contributed by atoms with E-state index in [0.717, 1.165) is 25.1 Å². The number of nitro benzene ring substituents is 2. The Morgan fingerprint density at radius 2 is 1.36 bits per heavy atom. The summed E-state index contributed by atoms with van der Waals surface area (Å²) in [4.78, 5) is 65.3. The van der Waals surface area contributed by atoms with E-state index >= 15 is 0 Å². The zero-order valence-corrected chi connectivity index (χ0v) is 25.1. The molecule has 0 atom stereocenters. The predicted octanol–water partition coefficient (Wildman–Crippen LogP) is 3.91. The van der Waals surface area contributed by atoms with Crippen molar-refractivity contribution in [2.24, 2.45) is 0 Å². The van der Waals surface area contributed by atoms with Gasteiger partial charge in [-0.15, -0.1) is 0 Å². The number of anilines is 1. The molecule has 3 aromatic carbocycles. The fourth-order valence-corrected chi connectivity index (χ4v) is 3.54. The molecule has 0 aromatic heterocycles. The van der Waals surface area contributed by atoms with Crippen LogP contribution in [-0.2, 0) is 26.8 Å². The van der Waals surface area contributed by atoms with E-state index in [-0.39, 0.29) is 69.9 Å². The van der Waals surface area contributed by atoms with Crippen molar-refractivity contribution in [1.82, 2.24) is 0 Å². The summed E-state index contributed by atoms with van der Waals surface area (Å²) in [6.07, 6.45) is 0. The molecule has 0 unspecified atom stereocenters. The molecule has 0 radical (unpaired) electrons. The minimum Gasteiger partial charge on any atom is -0.507 e. The van der Waals surface area contributed by atoms with Gasteiger partial charge < -0.3 is 25.2 Å². The molecule has 234 valence electrons. The van der Waals surface area contributed by atoms with Gasteiger partial charge in [0.1, 0.15) is 17.2 Å². The van der Waals surface area contributed by atoms with Crippen LogP contribution in [0.2, 0.25) is 0 Å². The number of aromatic hydroxyl groups is 1. The number of phenolic OH excluding ortho intramolecular Hbond substituents is 1. The van der Waals surface area contributed by atoms with Crippen molar-refractivity contribution in [3.8, 4) is 17.2 Å². The van der Waals surface area contributed by atoms with E-state index in [0.29, 0.717) is 28.3 Å². The van der Waals surface area contributed by atoms with Crippen LogP contribution in [0.15, 0.2) is 54.6 Å². The topological polar surface area (TPSA) is 249 Å². The number of alkyl halides is 1. The number of non-ortho nitro benzene ring substituents is 2. The first-order chi connectivity index (χ1) is 20.3. The van der Waals surface area contributed by atoms with E-state index in [1.165, 1.54) is 18.2 Å². The van der Waals surface area contributed by atoms with Crippen molar-refractivity contribution >= 4 is 56.3 Å². The Kier molecular flexibility index (Phi) is 14.6. The molecule has 0 fully saturated rings. The standard InChI is InChI=1S/C8H6BrNO4.C8H5NO4.C8H7NO2.C2H4O3.Fe/c9-4-8(12)6-3-5(10(13)14)1-2-7(6)11;10-7-4-13-8-2-1-5(9(11)12)3-6(7)8;9-5-1-2-8-6(3-5)7(10)4-11-8;1-2(3)5-4;/h1-3,11H,4H2;1-3H,4H2;1-3H,4,9H2;4H,1H3;. The number of hydrogen-bond donors (Lipinski definition) is 3. The molecular weight excluding hydrogens is 698 g/mol. The SMILES string of the molecule is CC(=O)OO.Nc1ccc2c(c1)C(=O)CO2.O=C(CBr)c1cc([N+](=O)[O-])ccc1O.O=C1COc2ccc([N+](=O)[O-])cc21.[Fe]. The summed E-state index contributed by atoms with van der Waals surface area (Å²) in [5.41, 5.74) is 6.64. The number of fused-ring (bicyclic) bond motifs is 2. The van der Waals surface area contributed by atoms with E-state index in [1.54, 1.807) is 18.2 Å². The van der Waals surface area contributed by atoms with Crippen LogP contribution in [0.5, 0.6) is 17.2 Å². The Morgan fingerprint density at radius 1 is 0.909 bits per heavy atom. The molecule has 0 saturated carbocycles. The molecule has 18 heteroatoms. The van der Waals surface area contributed by atoms with Gasteiger partial charge in [-0.3, -0.25) is 34.6 Å². The summed E-state index contributed by atoms with van der Waals surface area (Å²) in [5.74, 6) is -0.470. The molecule has 0 saturated heterocycles. The third-order valence-corrected chi connectivity index (χ3v) is 5.75. The van der Waals surface area contributed by atoms with Crippen LogP contribution in [0, 0.1) is 20.2 Å². The van der Waals surface area contributed by atoms with Gasteiger partial charge in [-0.1, -0.05) is 15.9 Å². The normalized spacial score (nSPS) is 11.5. The smallest absolute Gasteiger partial charge is 0.339 e. The van der Waals surface area contributed by atoms with Crippen molar-refractivity contribution < 1.29 is 70.8 Å². The fraction of sp³-hybridized carbons (Fsp3) is 0.154. The van der Waals surface area contributed by atoms with Gasteiger partial charge in [-0.2, -0.15) is 5.26 Å². The molecule has 2 heterocycles. The van der Waals surface area contributed by atoms with Crippen LogP contribution in [0.1, 0.15) is 38.0 Å². The molecule has 0 spiro atoms. The number of rotatable bonds is 4. The Morgan fingerprint density at radius 3 is 1.84 bits per heavy atom. The minimum atomic E-state index is -0.690.